The summed E-state index contributed by atoms with van der Waals surface area (Å²) < 4.78 is 3.52. The summed E-state index contributed by atoms with van der Waals surface area (Å²) in [7, 11) is 0. The summed E-state index contributed by atoms with van der Waals surface area (Å²) in [6.45, 7) is 12.3. The maximum atomic E-state index is 13.3. The third-order valence-corrected chi connectivity index (χ3v) is 6.29. The van der Waals surface area contributed by atoms with Gasteiger partial charge in [0.1, 0.15) is 5.39 Å². The molecule has 0 fully saturated rings. The van der Waals surface area contributed by atoms with Gasteiger partial charge in [0.25, 0.3) is 5.56 Å². The molecule has 0 saturated heterocycles. The number of fused-ring (bicyclic) bond motifs is 2. The number of hydrogen-bond donors (Lipinski definition) is 2. The molecule has 176 valence electrons. The van der Waals surface area contributed by atoms with E-state index in [1.54, 1.807) is 17.1 Å². The predicted octanol–water partition coefficient (Wildman–Crippen LogP) is 4.24. The van der Waals surface area contributed by atoms with E-state index < -0.39 is 0 Å². The summed E-state index contributed by atoms with van der Waals surface area (Å²) in [5.74, 6) is 1.11. The Morgan fingerprint density at radius 2 is 1.91 bits per heavy atom. The minimum absolute atomic E-state index is 0.0483. The Hall–Kier alpha value is -3.52. The van der Waals surface area contributed by atoms with Crippen molar-refractivity contribution in [1.82, 2.24) is 29.6 Å². The van der Waals surface area contributed by atoms with E-state index in [0.29, 0.717) is 22.8 Å². The molecule has 4 heterocycles. The molecule has 0 spiro atoms. The summed E-state index contributed by atoms with van der Waals surface area (Å²) in [5.41, 5.74) is 5.09. The quantitative estimate of drug-likeness (QED) is 0.476. The topological polar surface area (TPSA) is 89.7 Å². The fraction of sp³-hybridized carbons (Fsp3) is 0.385. The molecular weight excluding hydrogens is 426 g/mol. The monoisotopic (exact) mass is 457 g/mol. The fourth-order valence-electron chi connectivity index (χ4n) is 4.43. The average molecular weight is 458 g/mol. The Morgan fingerprint density at radius 1 is 1.09 bits per heavy atom. The zero-order valence-electron chi connectivity index (χ0n) is 20.4. The van der Waals surface area contributed by atoms with Gasteiger partial charge in [-0.1, -0.05) is 26.8 Å². The third kappa shape index (κ3) is 3.98. The second-order valence-corrected chi connectivity index (χ2v) is 10.2. The average Bonchev–Trinajstić information content (AvgIpc) is 3.10. The number of nitrogens with zero attached hydrogens (tertiary/aromatic N) is 5. The first-order chi connectivity index (χ1) is 16.2. The molecule has 0 amide bonds. The van der Waals surface area contributed by atoms with Gasteiger partial charge in [-0.25, -0.2) is 19.3 Å². The molecule has 3 aromatic heterocycles. The molecule has 1 aliphatic rings. The van der Waals surface area contributed by atoms with Gasteiger partial charge in [0.05, 0.1) is 0 Å². The molecule has 2 N–H and O–H groups in total. The first kappa shape index (κ1) is 22.3. The summed E-state index contributed by atoms with van der Waals surface area (Å²) in [5, 5.41) is 7.20. The van der Waals surface area contributed by atoms with Gasteiger partial charge in [-0.05, 0) is 73.2 Å². The SMILES string of the molecule is CC(C)n1c(=O)c2cnc(Nc3ccc4c(c3)CCNC4)nc2n1-c1cc(C(C)(C)C)ccn1. The molecule has 0 radical (unpaired) electrons. The Labute approximate surface area is 199 Å². The van der Waals surface area contributed by atoms with E-state index in [9.17, 15) is 4.79 Å². The lowest BCUT2D eigenvalue weighted by Gasteiger charge is -2.21. The van der Waals surface area contributed by atoms with Crippen molar-refractivity contribution in [3.05, 3.63) is 69.8 Å². The molecular formula is C26H31N7O. The van der Waals surface area contributed by atoms with Crippen LogP contribution in [0.3, 0.4) is 0 Å². The summed E-state index contributed by atoms with van der Waals surface area (Å²) >= 11 is 0. The number of nitrogens with one attached hydrogen (secondary N) is 2. The predicted molar refractivity (Wildman–Crippen MR) is 135 cm³/mol. The Kier molecular flexibility index (Phi) is 5.48. The van der Waals surface area contributed by atoms with E-state index in [4.69, 9.17) is 4.98 Å². The van der Waals surface area contributed by atoms with E-state index in [2.05, 4.69) is 53.5 Å². The molecule has 0 bridgehead atoms. The van der Waals surface area contributed by atoms with Crippen molar-refractivity contribution in [1.29, 1.82) is 0 Å². The summed E-state index contributed by atoms with van der Waals surface area (Å²) in [6.07, 6.45) is 4.40. The third-order valence-electron chi connectivity index (χ3n) is 6.29. The van der Waals surface area contributed by atoms with Crippen molar-refractivity contribution in [3.8, 4) is 5.82 Å². The normalized spacial score (nSPS) is 13.9. The first-order valence-electron chi connectivity index (χ1n) is 11.8. The Bertz CT molecular complexity index is 1430. The Morgan fingerprint density at radius 3 is 2.68 bits per heavy atom. The van der Waals surface area contributed by atoms with E-state index in [1.165, 1.54) is 11.1 Å². The van der Waals surface area contributed by atoms with E-state index >= 15 is 0 Å². The maximum absolute atomic E-state index is 13.3. The number of anilines is 2. The van der Waals surface area contributed by atoms with Crippen LogP contribution in [0.4, 0.5) is 11.6 Å². The van der Waals surface area contributed by atoms with Crippen molar-refractivity contribution >= 4 is 22.7 Å². The van der Waals surface area contributed by atoms with E-state index in [0.717, 1.165) is 30.8 Å². The van der Waals surface area contributed by atoms with Crippen LogP contribution >= 0.6 is 0 Å². The highest BCUT2D eigenvalue weighted by Gasteiger charge is 2.22. The molecule has 0 atom stereocenters. The molecule has 5 rings (SSSR count). The van der Waals surface area contributed by atoms with Gasteiger partial charge in [-0.3, -0.25) is 4.79 Å². The van der Waals surface area contributed by atoms with Crippen molar-refractivity contribution in [2.24, 2.45) is 0 Å². The first-order valence-corrected chi connectivity index (χ1v) is 11.8. The molecule has 0 aliphatic carbocycles. The van der Waals surface area contributed by atoms with Gasteiger partial charge >= 0.3 is 0 Å². The van der Waals surface area contributed by atoms with Crippen LogP contribution in [-0.4, -0.2) is 30.9 Å². The van der Waals surface area contributed by atoms with Crippen molar-refractivity contribution in [2.45, 2.75) is 59.0 Å². The second kappa shape index (κ2) is 8.36. The van der Waals surface area contributed by atoms with Crippen LogP contribution in [0.15, 0.2) is 47.5 Å². The molecule has 0 saturated carbocycles. The van der Waals surface area contributed by atoms with E-state index in [1.807, 2.05) is 36.7 Å². The minimum atomic E-state index is -0.124. The van der Waals surface area contributed by atoms with Crippen LogP contribution in [0, 0.1) is 0 Å². The zero-order valence-corrected chi connectivity index (χ0v) is 20.4. The summed E-state index contributed by atoms with van der Waals surface area (Å²) in [4.78, 5) is 27.1. The van der Waals surface area contributed by atoms with Crippen LogP contribution in [0.25, 0.3) is 16.9 Å². The van der Waals surface area contributed by atoms with Gasteiger partial charge < -0.3 is 10.6 Å². The molecule has 4 aromatic rings. The van der Waals surface area contributed by atoms with Crippen LogP contribution in [-0.2, 0) is 18.4 Å². The summed E-state index contributed by atoms with van der Waals surface area (Å²) in [6, 6.07) is 10.3. The van der Waals surface area contributed by atoms with E-state index in [-0.39, 0.29) is 17.0 Å². The van der Waals surface area contributed by atoms with Crippen molar-refractivity contribution in [3.63, 3.8) is 0 Å². The number of benzene rings is 1. The van der Waals surface area contributed by atoms with Crippen molar-refractivity contribution in [2.75, 3.05) is 11.9 Å². The molecule has 8 heteroatoms. The maximum Gasteiger partial charge on any atom is 0.278 e. The van der Waals surface area contributed by atoms with Crippen molar-refractivity contribution < 1.29 is 0 Å². The molecule has 34 heavy (non-hydrogen) atoms. The highest BCUT2D eigenvalue weighted by molar-refractivity contribution is 5.77. The highest BCUT2D eigenvalue weighted by atomic mass is 16.1. The minimum Gasteiger partial charge on any atom is -0.324 e. The number of hydrogen-bond acceptors (Lipinski definition) is 6. The number of rotatable bonds is 4. The fourth-order valence-corrected chi connectivity index (χ4v) is 4.43. The van der Waals surface area contributed by atoms with Gasteiger partial charge in [0.2, 0.25) is 5.95 Å². The molecule has 1 aliphatic heterocycles. The number of aromatic nitrogens is 5. The van der Waals surface area contributed by atoms with Crippen LogP contribution < -0.4 is 16.2 Å². The largest absolute Gasteiger partial charge is 0.324 e. The lowest BCUT2D eigenvalue weighted by Crippen LogP contribution is -2.25. The Balaban J connectivity index is 1.63. The van der Waals surface area contributed by atoms with Gasteiger partial charge in [-0.2, -0.15) is 4.98 Å². The standard InChI is InChI=1S/C26H31N7O/c1-16(2)32-24(34)21-15-29-25(30-20-7-6-18-14-27-10-8-17(18)12-20)31-23(21)33(32)22-13-19(9-11-28-22)26(3,4)5/h6-7,9,11-13,15-16,27H,8,10,14H2,1-5H3,(H,29,30,31). The van der Waals surface area contributed by atoms with Gasteiger partial charge in [0.15, 0.2) is 11.5 Å². The van der Waals surface area contributed by atoms with Crippen LogP contribution in [0.2, 0.25) is 0 Å². The lowest BCUT2D eigenvalue weighted by molar-refractivity contribution is 0.471. The smallest absolute Gasteiger partial charge is 0.278 e. The number of pyridine rings is 1. The molecule has 0 unspecified atom stereocenters. The van der Waals surface area contributed by atoms with Gasteiger partial charge in [-0.15, -0.1) is 0 Å². The zero-order chi connectivity index (χ0) is 24.0. The highest BCUT2D eigenvalue weighted by Crippen LogP contribution is 2.26. The molecule has 1 aromatic carbocycles. The second-order valence-electron chi connectivity index (χ2n) is 10.2. The van der Waals surface area contributed by atoms with Crippen LogP contribution in [0.1, 0.15) is 57.4 Å². The van der Waals surface area contributed by atoms with Gasteiger partial charge in [0, 0.05) is 30.7 Å². The lowest BCUT2D eigenvalue weighted by atomic mass is 9.88. The molecule has 8 nitrogen and oxygen atoms in total. The van der Waals surface area contributed by atoms with Crippen LogP contribution in [0.5, 0.6) is 0 Å².